The minimum absolute atomic E-state index is 0.438. The Morgan fingerprint density at radius 3 is 2.44 bits per heavy atom. The van der Waals surface area contributed by atoms with Gasteiger partial charge < -0.3 is 14.6 Å². The summed E-state index contributed by atoms with van der Waals surface area (Å²) in [7, 11) is 0. The Labute approximate surface area is 113 Å². The molecule has 0 saturated heterocycles. The van der Waals surface area contributed by atoms with Gasteiger partial charge in [0.05, 0.1) is 19.3 Å². The maximum absolute atomic E-state index is 10.1. The molecule has 0 radical (unpaired) electrons. The molecule has 0 aliphatic carbocycles. The Kier molecular flexibility index (Phi) is 6.98. The summed E-state index contributed by atoms with van der Waals surface area (Å²) in [5, 5.41) is 10.1. The summed E-state index contributed by atoms with van der Waals surface area (Å²) in [6, 6.07) is 5.64. The highest BCUT2D eigenvalue weighted by Gasteiger charge is 2.11. The van der Waals surface area contributed by atoms with Crippen LogP contribution < -0.4 is 9.47 Å². The number of hydrogen-bond acceptors (Lipinski definition) is 4. The van der Waals surface area contributed by atoms with Crippen LogP contribution in [0.4, 0.5) is 0 Å². The first kappa shape index (κ1) is 15.2. The van der Waals surface area contributed by atoms with E-state index in [2.05, 4.69) is 0 Å². The van der Waals surface area contributed by atoms with Gasteiger partial charge in [-0.15, -0.1) is 0 Å². The smallest absolute Gasteiger partial charge is 0.161 e. The fourth-order valence-electron chi connectivity index (χ4n) is 1.67. The standard InChI is InChI=1S/C14H22O3S/c1-4-16-13-7-6-11(10-14(13)17-5-2)12(15)8-9-18-3/h6-7,10,12,15H,4-5,8-9H2,1-3H3. The monoisotopic (exact) mass is 270 g/mol. The van der Waals surface area contributed by atoms with Crippen LogP contribution in [0.25, 0.3) is 0 Å². The van der Waals surface area contributed by atoms with Gasteiger partial charge in [-0.25, -0.2) is 0 Å². The third-order valence-corrected chi connectivity index (χ3v) is 3.19. The predicted octanol–water partition coefficient (Wildman–Crippen LogP) is 3.27. The molecule has 4 heteroatoms. The average molecular weight is 270 g/mol. The highest BCUT2D eigenvalue weighted by atomic mass is 32.2. The molecule has 1 atom stereocenters. The second-order valence-corrected chi connectivity index (χ2v) is 4.86. The summed E-state index contributed by atoms with van der Waals surface area (Å²) in [4.78, 5) is 0. The van der Waals surface area contributed by atoms with Crippen molar-refractivity contribution in [3.05, 3.63) is 23.8 Å². The molecule has 1 N–H and O–H groups in total. The number of hydrogen-bond donors (Lipinski definition) is 1. The van der Waals surface area contributed by atoms with Crippen LogP contribution in [-0.4, -0.2) is 30.3 Å². The van der Waals surface area contributed by atoms with E-state index in [1.165, 1.54) is 0 Å². The lowest BCUT2D eigenvalue weighted by Gasteiger charge is -2.15. The molecular weight excluding hydrogens is 248 g/mol. The molecular formula is C14H22O3S. The maximum atomic E-state index is 10.1. The van der Waals surface area contributed by atoms with Gasteiger partial charge in [0.2, 0.25) is 0 Å². The lowest BCUT2D eigenvalue weighted by molar-refractivity contribution is 0.174. The third-order valence-electron chi connectivity index (χ3n) is 2.55. The molecule has 0 aromatic heterocycles. The van der Waals surface area contributed by atoms with Crippen molar-refractivity contribution in [3.63, 3.8) is 0 Å². The number of thioether (sulfide) groups is 1. The van der Waals surface area contributed by atoms with Gasteiger partial charge in [0.15, 0.2) is 11.5 Å². The second-order valence-electron chi connectivity index (χ2n) is 3.87. The Bertz CT molecular complexity index is 355. The first-order chi connectivity index (χ1) is 8.72. The number of ether oxygens (including phenoxy) is 2. The largest absolute Gasteiger partial charge is 0.490 e. The summed E-state index contributed by atoms with van der Waals surface area (Å²) in [6.07, 6.45) is 2.35. The minimum Gasteiger partial charge on any atom is -0.490 e. The van der Waals surface area contributed by atoms with Gasteiger partial charge in [-0.1, -0.05) is 6.07 Å². The van der Waals surface area contributed by atoms with Crippen LogP contribution in [0.3, 0.4) is 0 Å². The number of aliphatic hydroxyl groups excluding tert-OH is 1. The molecule has 0 bridgehead atoms. The summed E-state index contributed by atoms with van der Waals surface area (Å²) in [6.45, 7) is 5.07. The lowest BCUT2D eigenvalue weighted by atomic mass is 10.1. The van der Waals surface area contributed by atoms with Gasteiger partial charge >= 0.3 is 0 Å². The van der Waals surface area contributed by atoms with Crippen LogP contribution in [0.15, 0.2) is 18.2 Å². The number of aliphatic hydroxyl groups is 1. The molecule has 0 aliphatic heterocycles. The van der Waals surface area contributed by atoms with Crippen molar-refractivity contribution < 1.29 is 14.6 Å². The van der Waals surface area contributed by atoms with E-state index >= 15 is 0 Å². The normalized spacial score (nSPS) is 12.2. The fraction of sp³-hybridized carbons (Fsp3) is 0.571. The van der Waals surface area contributed by atoms with E-state index in [-0.39, 0.29) is 0 Å². The molecule has 0 fully saturated rings. The molecule has 0 saturated carbocycles. The Balaban J connectivity index is 2.84. The van der Waals surface area contributed by atoms with E-state index in [0.717, 1.165) is 23.5 Å². The van der Waals surface area contributed by atoms with E-state index in [9.17, 15) is 5.11 Å². The molecule has 1 aromatic carbocycles. The van der Waals surface area contributed by atoms with Crippen molar-refractivity contribution in [1.82, 2.24) is 0 Å². The maximum Gasteiger partial charge on any atom is 0.161 e. The summed E-state index contributed by atoms with van der Waals surface area (Å²) >= 11 is 1.73. The third kappa shape index (κ3) is 4.42. The van der Waals surface area contributed by atoms with Crippen LogP contribution >= 0.6 is 11.8 Å². The SMILES string of the molecule is CCOc1ccc(C(O)CCSC)cc1OCC. The number of benzene rings is 1. The second kappa shape index (κ2) is 8.27. The molecule has 1 unspecified atom stereocenters. The van der Waals surface area contributed by atoms with Crippen molar-refractivity contribution in [1.29, 1.82) is 0 Å². The first-order valence-corrected chi connectivity index (χ1v) is 7.68. The van der Waals surface area contributed by atoms with E-state index in [1.54, 1.807) is 11.8 Å². The van der Waals surface area contributed by atoms with Gasteiger partial charge in [0.25, 0.3) is 0 Å². The van der Waals surface area contributed by atoms with Gasteiger partial charge in [0.1, 0.15) is 0 Å². The van der Waals surface area contributed by atoms with Crippen molar-refractivity contribution in [2.24, 2.45) is 0 Å². The molecule has 0 aliphatic rings. The highest BCUT2D eigenvalue weighted by Crippen LogP contribution is 2.31. The van der Waals surface area contributed by atoms with Crippen LogP contribution in [0.2, 0.25) is 0 Å². The van der Waals surface area contributed by atoms with Crippen LogP contribution in [0.1, 0.15) is 31.9 Å². The predicted molar refractivity (Wildman–Crippen MR) is 76.7 cm³/mol. The fourth-order valence-corrected chi connectivity index (χ4v) is 2.13. The summed E-state index contributed by atoms with van der Waals surface area (Å²) in [5.74, 6) is 2.39. The molecule has 0 amide bonds. The molecule has 3 nitrogen and oxygen atoms in total. The van der Waals surface area contributed by atoms with E-state index in [1.807, 2.05) is 38.3 Å². The van der Waals surface area contributed by atoms with Crippen LogP contribution in [-0.2, 0) is 0 Å². The topological polar surface area (TPSA) is 38.7 Å². The summed E-state index contributed by atoms with van der Waals surface area (Å²) in [5.41, 5.74) is 0.885. The van der Waals surface area contributed by atoms with Gasteiger partial charge in [-0.05, 0) is 50.0 Å². The Morgan fingerprint density at radius 1 is 1.17 bits per heavy atom. The molecule has 0 spiro atoms. The Morgan fingerprint density at radius 2 is 1.83 bits per heavy atom. The quantitative estimate of drug-likeness (QED) is 0.787. The molecule has 18 heavy (non-hydrogen) atoms. The van der Waals surface area contributed by atoms with Crippen LogP contribution in [0, 0.1) is 0 Å². The number of rotatable bonds is 8. The first-order valence-electron chi connectivity index (χ1n) is 6.29. The van der Waals surface area contributed by atoms with Crippen LogP contribution in [0.5, 0.6) is 11.5 Å². The zero-order chi connectivity index (χ0) is 13.4. The molecule has 1 rings (SSSR count). The zero-order valence-electron chi connectivity index (χ0n) is 11.3. The lowest BCUT2D eigenvalue weighted by Crippen LogP contribution is -2.02. The van der Waals surface area contributed by atoms with Crippen molar-refractivity contribution in [2.75, 3.05) is 25.2 Å². The average Bonchev–Trinajstić information content (AvgIpc) is 2.38. The Hall–Kier alpha value is -0.870. The van der Waals surface area contributed by atoms with Gasteiger partial charge in [-0.2, -0.15) is 11.8 Å². The van der Waals surface area contributed by atoms with Crippen molar-refractivity contribution in [2.45, 2.75) is 26.4 Å². The van der Waals surface area contributed by atoms with Gasteiger partial charge in [0, 0.05) is 0 Å². The van der Waals surface area contributed by atoms with Crippen molar-refractivity contribution >= 4 is 11.8 Å². The highest BCUT2D eigenvalue weighted by molar-refractivity contribution is 7.98. The van der Waals surface area contributed by atoms with E-state index < -0.39 is 6.10 Å². The zero-order valence-corrected chi connectivity index (χ0v) is 12.1. The van der Waals surface area contributed by atoms with E-state index in [0.29, 0.717) is 19.0 Å². The molecule has 102 valence electrons. The van der Waals surface area contributed by atoms with Crippen molar-refractivity contribution in [3.8, 4) is 11.5 Å². The van der Waals surface area contributed by atoms with Gasteiger partial charge in [-0.3, -0.25) is 0 Å². The van der Waals surface area contributed by atoms with E-state index in [4.69, 9.17) is 9.47 Å². The summed E-state index contributed by atoms with van der Waals surface area (Å²) < 4.78 is 11.0. The molecule has 0 heterocycles. The molecule has 1 aromatic rings. The minimum atomic E-state index is -0.438.